The number of fused-ring (bicyclic) bond motifs is 1. The molecular formula is C30H39F3N4O7S. The molecule has 0 saturated carbocycles. The van der Waals surface area contributed by atoms with Crippen LogP contribution in [0.4, 0.5) is 13.2 Å². The van der Waals surface area contributed by atoms with Crippen LogP contribution in [-0.4, -0.2) is 114 Å². The highest BCUT2D eigenvalue weighted by atomic mass is 32.2. The van der Waals surface area contributed by atoms with Crippen molar-refractivity contribution in [1.29, 1.82) is 0 Å². The number of esters is 2. The van der Waals surface area contributed by atoms with Gasteiger partial charge in [-0.2, -0.15) is 24.9 Å². The molecule has 0 bridgehead atoms. The third kappa shape index (κ3) is 10.9. The monoisotopic (exact) mass is 656 g/mol. The maximum atomic E-state index is 13.4. The first kappa shape index (κ1) is 36.1. The Labute approximate surface area is 263 Å². The summed E-state index contributed by atoms with van der Waals surface area (Å²) >= 11 is 1.41. The van der Waals surface area contributed by atoms with E-state index in [4.69, 9.17) is 10.5 Å². The minimum Gasteiger partial charge on any atom is -0.460 e. The van der Waals surface area contributed by atoms with Crippen molar-refractivity contribution in [2.24, 2.45) is 5.73 Å². The smallest absolute Gasteiger partial charge is 0.460 e. The molecule has 0 radical (unpaired) electrons. The predicted octanol–water partition coefficient (Wildman–Crippen LogP) is 1.84. The van der Waals surface area contributed by atoms with E-state index < -0.39 is 49.4 Å². The quantitative estimate of drug-likeness (QED) is 0.228. The molecule has 4 N–H and O–H groups in total. The van der Waals surface area contributed by atoms with Crippen molar-refractivity contribution in [2.75, 3.05) is 51.4 Å². The van der Waals surface area contributed by atoms with Gasteiger partial charge in [0.15, 0.2) is 6.10 Å². The summed E-state index contributed by atoms with van der Waals surface area (Å²) in [5.74, 6) is -3.70. The molecule has 1 fully saturated rings. The van der Waals surface area contributed by atoms with Crippen molar-refractivity contribution in [3.63, 3.8) is 0 Å². The van der Waals surface area contributed by atoms with Crippen LogP contribution in [0.5, 0.6) is 0 Å². The lowest BCUT2D eigenvalue weighted by atomic mass is 10.0. The van der Waals surface area contributed by atoms with Gasteiger partial charge in [0.05, 0.1) is 19.7 Å². The number of halogens is 3. The highest BCUT2D eigenvalue weighted by Gasteiger charge is 2.42. The largest absolute Gasteiger partial charge is 0.490 e. The Morgan fingerprint density at radius 1 is 1.18 bits per heavy atom. The summed E-state index contributed by atoms with van der Waals surface area (Å²) in [6.07, 6.45) is -3.51. The van der Waals surface area contributed by atoms with E-state index in [9.17, 15) is 37.5 Å². The van der Waals surface area contributed by atoms with Gasteiger partial charge in [0, 0.05) is 25.7 Å². The summed E-state index contributed by atoms with van der Waals surface area (Å²) in [7, 11) is 0. The minimum absolute atomic E-state index is 0.119. The van der Waals surface area contributed by atoms with Crippen LogP contribution in [0.2, 0.25) is 0 Å². The number of ether oxygens (including phenoxy) is 2. The number of benzene rings is 2. The zero-order chi connectivity index (χ0) is 33.0. The molecule has 1 unspecified atom stereocenters. The molecule has 2 aromatic carbocycles. The average Bonchev–Trinajstić information content (AvgIpc) is 3.48. The average molecular weight is 657 g/mol. The van der Waals surface area contributed by atoms with E-state index in [0.717, 1.165) is 29.2 Å². The standard InChI is InChI=1S/C30H39F3N4O7S/c1-45-13-11-25(28(41)43-19-23(18-38)44-29(42)30(31,32)33)35-26(39)17-36(16-22-9-5-12-37(22)27(40)14-34)15-21-8-4-7-20-6-2-3-10-24(20)21/h2-4,6-8,10,22-23,25,38H,5,9,11-19,34H2,1H3,(H,35,39)/t22-,23?,25-/m0/s1. The number of thioether (sulfide) groups is 1. The lowest BCUT2D eigenvalue weighted by Gasteiger charge is -2.31. The Bertz CT molecular complexity index is 1310. The molecule has 2 aromatic rings. The van der Waals surface area contributed by atoms with Crippen LogP contribution in [0.25, 0.3) is 10.8 Å². The maximum absolute atomic E-state index is 13.4. The van der Waals surface area contributed by atoms with Gasteiger partial charge in [0.25, 0.3) is 0 Å². The van der Waals surface area contributed by atoms with E-state index in [1.807, 2.05) is 47.4 Å². The van der Waals surface area contributed by atoms with Gasteiger partial charge in [-0.3, -0.25) is 14.5 Å². The van der Waals surface area contributed by atoms with Gasteiger partial charge < -0.3 is 30.5 Å². The normalized spacial score (nSPS) is 16.4. The van der Waals surface area contributed by atoms with Gasteiger partial charge in [-0.05, 0) is 47.6 Å². The van der Waals surface area contributed by atoms with Crippen LogP contribution in [0.15, 0.2) is 42.5 Å². The zero-order valence-corrected chi connectivity index (χ0v) is 25.8. The van der Waals surface area contributed by atoms with E-state index in [2.05, 4.69) is 10.1 Å². The second-order valence-electron chi connectivity index (χ2n) is 10.6. The molecule has 248 valence electrons. The molecule has 45 heavy (non-hydrogen) atoms. The number of aliphatic hydroxyl groups excluding tert-OH is 1. The first-order valence-electron chi connectivity index (χ1n) is 14.5. The van der Waals surface area contributed by atoms with Crippen molar-refractivity contribution in [2.45, 2.75) is 50.2 Å². The SMILES string of the molecule is CSCC[C@H](NC(=O)CN(Cc1cccc2ccccc12)C[C@@H]1CCCN1C(=O)CN)C(=O)OCC(CO)OC(=O)C(F)(F)F. The van der Waals surface area contributed by atoms with E-state index in [1.54, 1.807) is 11.2 Å². The molecule has 1 heterocycles. The molecule has 2 amide bonds. The summed E-state index contributed by atoms with van der Waals surface area (Å²) in [6, 6.07) is 12.4. The number of likely N-dealkylation sites (tertiary alicyclic amines) is 1. The first-order valence-corrected chi connectivity index (χ1v) is 15.9. The second kappa shape index (κ2) is 17.3. The molecule has 0 spiro atoms. The molecule has 1 saturated heterocycles. The number of aliphatic hydroxyl groups is 1. The third-order valence-corrected chi connectivity index (χ3v) is 7.98. The van der Waals surface area contributed by atoms with Crippen molar-refractivity contribution in [3.8, 4) is 0 Å². The molecule has 3 atom stereocenters. The molecular weight excluding hydrogens is 617 g/mol. The van der Waals surface area contributed by atoms with Gasteiger partial charge in [-0.15, -0.1) is 0 Å². The zero-order valence-electron chi connectivity index (χ0n) is 25.0. The summed E-state index contributed by atoms with van der Waals surface area (Å²) in [6.45, 7) is -0.760. The number of rotatable bonds is 16. The van der Waals surface area contributed by atoms with Crippen molar-refractivity contribution in [1.82, 2.24) is 15.1 Å². The number of nitrogens with two attached hydrogens (primary N) is 1. The number of amides is 2. The number of carbonyl (C=O) groups is 4. The van der Waals surface area contributed by atoms with Gasteiger partial charge in [0.1, 0.15) is 12.6 Å². The van der Waals surface area contributed by atoms with E-state index in [-0.39, 0.29) is 31.5 Å². The maximum Gasteiger partial charge on any atom is 0.490 e. The summed E-state index contributed by atoms with van der Waals surface area (Å²) in [5, 5.41) is 14.0. The second-order valence-corrected chi connectivity index (χ2v) is 11.6. The highest BCUT2D eigenvalue weighted by molar-refractivity contribution is 7.98. The molecule has 3 rings (SSSR count). The fourth-order valence-electron chi connectivity index (χ4n) is 5.17. The highest BCUT2D eigenvalue weighted by Crippen LogP contribution is 2.23. The van der Waals surface area contributed by atoms with Crippen molar-refractivity contribution in [3.05, 3.63) is 48.0 Å². The summed E-state index contributed by atoms with van der Waals surface area (Å²) in [4.78, 5) is 53.5. The minimum atomic E-state index is -5.28. The van der Waals surface area contributed by atoms with E-state index >= 15 is 0 Å². The van der Waals surface area contributed by atoms with E-state index in [1.165, 1.54) is 11.8 Å². The summed E-state index contributed by atoms with van der Waals surface area (Å²) in [5.41, 5.74) is 6.60. The van der Waals surface area contributed by atoms with Crippen LogP contribution < -0.4 is 11.1 Å². The lowest BCUT2D eigenvalue weighted by molar-refractivity contribution is -0.209. The van der Waals surface area contributed by atoms with Crippen LogP contribution in [0.3, 0.4) is 0 Å². The van der Waals surface area contributed by atoms with Crippen molar-refractivity contribution >= 4 is 46.3 Å². The third-order valence-electron chi connectivity index (χ3n) is 7.33. The molecule has 11 nitrogen and oxygen atoms in total. The van der Waals surface area contributed by atoms with Crippen LogP contribution in [0, 0.1) is 0 Å². The molecule has 15 heteroatoms. The van der Waals surface area contributed by atoms with Crippen molar-refractivity contribution < 1.29 is 46.9 Å². The van der Waals surface area contributed by atoms with Gasteiger partial charge in [-0.1, -0.05) is 42.5 Å². The Morgan fingerprint density at radius 2 is 1.91 bits per heavy atom. The fraction of sp³-hybridized carbons (Fsp3) is 0.533. The summed E-state index contributed by atoms with van der Waals surface area (Å²) < 4.78 is 46.8. The number of nitrogens with one attached hydrogen (secondary N) is 1. The number of nitrogens with zero attached hydrogens (tertiary/aromatic N) is 2. The van der Waals surface area contributed by atoms with Gasteiger partial charge >= 0.3 is 18.1 Å². The van der Waals surface area contributed by atoms with E-state index in [0.29, 0.717) is 25.4 Å². The Hall–Kier alpha value is -3.40. The fourth-order valence-corrected chi connectivity index (χ4v) is 5.64. The Morgan fingerprint density at radius 3 is 2.60 bits per heavy atom. The number of alkyl halides is 3. The van der Waals surface area contributed by atoms with Gasteiger partial charge in [-0.25, -0.2) is 9.59 Å². The molecule has 0 aromatic heterocycles. The number of hydrogen-bond donors (Lipinski definition) is 3. The number of carbonyl (C=O) groups excluding carboxylic acids is 4. The van der Waals surface area contributed by atoms with Gasteiger partial charge in [0.2, 0.25) is 11.8 Å². The Kier molecular flexibility index (Phi) is 13.9. The van der Waals surface area contributed by atoms with Crippen LogP contribution >= 0.6 is 11.8 Å². The topological polar surface area (TPSA) is 152 Å². The molecule has 1 aliphatic heterocycles. The molecule has 1 aliphatic rings. The first-order chi connectivity index (χ1) is 21.5. The lowest BCUT2D eigenvalue weighted by Crippen LogP contribution is -2.50. The van der Waals surface area contributed by atoms with Crippen LogP contribution in [0.1, 0.15) is 24.8 Å². The predicted molar refractivity (Wildman–Crippen MR) is 162 cm³/mol. The van der Waals surface area contributed by atoms with Crippen LogP contribution in [-0.2, 0) is 35.2 Å². The Balaban J connectivity index is 1.73. The number of hydrogen-bond acceptors (Lipinski definition) is 10. The molecule has 0 aliphatic carbocycles.